The first kappa shape index (κ1) is 19.5. The van der Waals surface area contributed by atoms with Gasteiger partial charge >= 0.3 is 0 Å². The lowest BCUT2D eigenvalue weighted by Gasteiger charge is -2.22. The van der Waals surface area contributed by atoms with E-state index < -0.39 is 0 Å². The summed E-state index contributed by atoms with van der Waals surface area (Å²) in [6, 6.07) is 7.66. The number of hydrogen-bond donors (Lipinski definition) is 1. The van der Waals surface area contributed by atoms with E-state index in [2.05, 4.69) is 24.3 Å². The van der Waals surface area contributed by atoms with E-state index in [9.17, 15) is 4.79 Å². The van der Waals surface area contributed by atoms with Gasteiger partial charge in [0.05, 0.1) is 17.7 Å². The van der Waals surface area contributed by atoms with E-state index in [-0.39, 0.29) is 17.9 Å². The highest BCUT2D eigenvalue weighted by molar-refractivity contribution is 6.30. The Kier molecular flexibility index (Phi) is 6.65. The molecule has 1 N–H and O–H groups in total. The summed E-state index contributed by atoms with van der Waals surface area (Å²) in [5.74, 6) is 0.954. The quantitative estimate of drug-likeness (QED) is 0.723. The normalized spacial score (nSPS) is 13.7. The maximum absolute atomic E-state index is 12.8. The molecule has 1 heterocycles. The molecule has 1 amide bonds. The molecule has 5 heteroatoms. The predicted molar refractivity (Wildman–Crippen MR) is 101 cm³/mol. The van der Waals surface area contributed by atoms with Crippen molar-refractivity contribution in [2.75, 3.05) is 0 Å². The lowest BCUT2D eigenvalue weighted by atomic mass is 9.95. The zero-order valence-electron chi connectivity index (χ0n) is 15.6. The minimum absolute atomic E-state index is 0.0156. The Morgan fingerprint density at radius 3 is 2.32 bits per heavy atom. The van der Waals surface area contributed by atoms with Gasteiger partial charge in [0.25, 0.3) is 0 Å². The molecule has 4 nitrogen and oxygen atoms in total. The van der Waals surface area contributed by atoms with Crippen LogP contribution in [0.5, 0.6) is 0 Å². The molecule has 2 unspecified atom stereocenters. The highest BCUT2D eigenvalue weighted by Crippen LogP contribution is 2.27. The van der Waals surface area contributed by atoms with Crippen molar-refractivity contribution in [1.29, 1.82) is 0 Å². The zero-order valence-corrected chi connectivity index (χ0v) is 16.4. The topological polar surface area (TPSA) is 55.1 Å². The molecule has 0 aliphatic heterocycles. The van der Waals surface area contributed by atoms with Crippen LogP contribution in [0.1, 0.15) is 68.2 Å². The van der Waals surface area contributed by atoms with Gasteiger partial charge in [-0.25, -0.2) is 0 Å². The third-order valence-electron chi connectivity index (χ3n) is 4.54. The van der Waals surface area contributed by atoms with Gasteiger partial charge in [0, 0.05) is 10.6 Å². The summed E-state index contributed by atoms with van der Waals surface area (Å²) in [6.07, 6.45) is 1.92. The fourth-order valence-corrected chi connectivity index (χ4v) is 3.18. The van der Waals surface area contributed by atoms with Gasteiger partial charge < -0.3 is 9.84 Å². The van der Waals surface area contributed by atoms with Crippen LogP contribution in [0.3, 0.4) is 0 Å². The lowest BCUT2D eigenvalue weighted by Crippen LogP contribution is -2.32. The molecule has 0 aliphatic rings. The molecule has 2 aromatic rings. The number of benzene rings is 1. The monoisotopic (exact) mass is 362 g/mol. The Bertz CT molecular complexity index is 687. The first-order valence-corrected chi connectivity index (χ1v) is 9.16. The minimum atomic E-state index is -0.305. The van der Waals surface area contributed by atoms with Gasteiger partial charge in [-0.2, -0.15) is 0 Å². The third-order valence-corrected chi connectivity index (χ3v) is 4.79. The SMILES string of the molecule is Cc1noc(C)c1C(C)C(=O)NC(CCC(C)C)c1ccc(Cl)cc1. The van der Waals surface area contributed by atoms with Gasteiger partial charge in [-0.3, -0.25) is 4.79 Å². The number of halogens is 1. The Morgan fingerprint density at radius 1 is 1.16 bits per heavy atom. The van der Waals surface area contributed by atoms with Gasteiger partial charge in [-0.1, -0.05) is 42.7 Å². The fraction of sp³-hybridized carbons (Fsp3) is 0.500. The number of carbonyl (C=O) groups excluding carboxylic acids is 1. The molecule has 25 heavy (non-hydrogen) atoms. The van der Waals surface area contributed by atoms with Crippen molar-refractivity contribution >= 4 is 17.5 Å². The van der Waals surface area contributed by atoms with Crippen LogP contribution in [-0.2, 0) is 4.79 Å². The maximum Gasteiger partial charge on any atom is 0.227 e. The average molecular weight is 363 g/mol. The summed E-state index contributed by atoms with van der Waals surface area (Å²) in [4.78, 5) is 12.8. The third kappa shape index (κ3) is 5.08. The van der Waals surface area contributed by atoms with E-state index >= 15 is 0 Å². The second-order valence-corrected chi connectivity index (χ2v) is 7.48. The molecule has 0 fully saturated rings. The van der Waals surface area contributed by atoms with Crippen LogP contribution in [0, 0.1) is 19.8 Å². The van der Waals surface area contributed by atoms with Crippen molar-refractivity contribution < 1.29 is 9.32 Å². The maximum atomic E-state index is 12.8. The molecule has 2 rings (SSSR count). The van der Waals surface area contributed by atoms with Crippen LogP contribution in [0.4, 0.5) is 0 Å². The summed E-state index contributed by atoms with van der Waals surface area (Å²) in [5.41, 5.74) is 2.71. The number of nitrogens with one attached hydrogen (secondary N) is 1. The van der Waals surface area contributed by atoms with Crippen molar-refractivity contribution in [2.45, 2.75) is 59.4 Å². The highest BCUT2D eigenvalue weighted by Gasteiger charge is 2.25. The zero-order chi connectivity index (χ0) is 18.6. The van der Waals surface area contributed by atoms with Crippen LogP contribution in [-0.4, -0.2) is 11.1 Å². The van der Waals surface area contributed by atoms with E-state index in [1.54, 1.807) is 0 Å². The molecule has 2 atom stereocenters. The number of rotatable bonds is 7. The molecular formula is C20H27ClN2O2. The molecule has 1 aromatic carbocycles. The summed E-state index contributed by atoms with van der Waals surface area (Å²) in [7, 11) is 0. The Balaban J connectivity index is 2.17. The highest BCUT2D eigenvalue weighted by atomic mass is 35.5. The largest absolute Gasteiger partial charge is 0.361 e. The van der Waals surface area contributed by atoms with Crippen LogP contribution < -0.4 is 5.32 Å². The molecule has 0 radical (unpaired) electrons. The smallest absolute Gasteiger partial charge is 0.227 e. The van der Waals surface area contributed by atoms with Crippen molar-refractivity contribution in [3.8, 4) is 0 Å². The Hall–Kier alpha value is -1.81. The molecule has 0 bridgehead atoms. The van der Waals surface area contributed by atoms with Crippen molar-refractivity contribution in [2.24, 2.45) is 5.92 Å². The number of carbonyl (C=O) groups is 1. The van der Waals surface area contributed by atoms with Gasteiger partial charge in [-0.15, -0.1) is 0 Å². The predicted octanol–water partition coefficient (Wildman–Crippen LogP) is 5.34. The van der Waals surface area contributed by atoms with Crippen LogP contribution in [0.25, 0.3) is 0 Å². The standard InChI is InChI=1S/C20H27ClN2O2/c1-12(2)6-11-18(16-7-9-17(21)10-8-16)22-20(24)13(3)19-14(4)23-25-15(19)5/h7-10,12-13,18H,6,11H2,1-5H3,(H,22,24). The second-order valence-electron chi connectivity index (χ2n) is 7.04. The summed E-state index contributed by atoms with van der Waals surface area (Å²) < 4.78 is 5.20. The van der Waals surface area contributed by atoms with E-state index in [0.29, 0.717) is 16.7 Å². The summed E-state index contributed by atoms with van der Waals surface area (Å²) in [5, 5.41) is 7.85. The summed E-state index contributed by atoms with van der Waals surface area (Å²) >= 11 is 6.00. The van der Waals surface area contributed by atoms with Gasteiger partial charge in [0.1, 0.15) is 5.76 Å². The number of hydrogen-bond acceptors (Lipinski definition) is 3. The summed E-state index contributed by atoms with van der Waals surface area (Å²) in [6.45, 7) is 9.98. The van der Waals surface area contributed by atoms with Crippen LogP contribution in [0.2, 0.25) is 5.02 Å². The molecule has 0 saturated carbocycles. The van der Waals surface area contributed by atoms with Crippen molar-refractivity contribution in [3.05, 3.63) is 51.9 Å². The van der Waals surface area contributed by atoms with Gasteiger partial charge in [-0.05, 0) is 57.2 Å². The Morgan fingerprint density at radius 2 is 1.80 bits per heavy atom. The molecule has 1 aromatic heterocycles. The first-order valence-electron chi connectivity index (χ1n) is 8.78. The number of amides is 1. The number of aromatic nitrogens is 1. The van der Waals surface area contributed by atoms with E-state index in [1.165, 1.54) is 0 Å². The first-order chi connectivity index (χ1) is 11.8. The van der Waals surface area contributed by atoms with E-state index in [0.717, 1.165) is 29.7 Å². The van der Waals surface area contributed by atoms with Crippen LogP contribution >= 0.6 is 11.6 Å². The number of aryl methyl sites for hydroxylation is 2. The van der Waals surface area contributed by atoms with E-state index in [1.807, 2.05) is 45.0 Å². The van der Waals surface area contributed by atoms with E-state index in [4.69, 9.17) is 16.1 Å². The number of nitrogens with zero attached hydrogens (tertiary/aromatic N) is 1. The Labute approximate surface area is 154 Å². The minimum Gasteiger partial charge on any atom is -0.361 e. The second kappa shape index (κ2) is 8.52. The van der Waals surface area contributed by atoms with Crippen LogP contribution in [0.15, 0.2) is 28.8 Å². The fourth-order valence-electron chi connectivity index (χ4n) is 3.05. The molecule has 0 saturated heterocycles. The molecule has 0 spiro atoms. The van der Waals surface area contributed by atoms with Crippen molar-refractivity contribution in [3.63, 3.8) is 0 Å². The molecule has 136 valence electrons. The lowest BCUT2D eigenvalue weighted by molar-refractivity contribution is -0.123. The van der Waals surface area contributed by atoms with Gasteiger partial charge in [0.2, 0.25) is 5.91 Å². The molecular weight excluding hydrogens is 336 g/mol. The average Bonchev–Trinajstić information content (AvgIpc) is 2.90. The molecule has 0 aliphatic carbocycles. The van der Waals surface area contributed by atoms with Gasteiger partial charge in [0.15, 0.2) is 0 Å². The van der Waals surface area contributed by atoms with Crippen molar-refractivity contribution in [1.82, 2.24) is 10.5 Å².